The van der Waals surface area contributed by atoms with Gasteiger partial charge in [0.25, 0.3) is 0 Å². The van der Waals surface area contributed by atoms with E-state index in [0.717, 1.165) is 5.92 Å². The molecule has 2 nitrogen and oxygen atoms in total. The van der Waals surface area contributed by atoms with Crippen molar-refractivity contribution < 1.29 is 0 Å². The lowest BCUT2D eigenvalue weighted by atomic mass is 9.73. The summed E-state index contributed by atoms with van der Waals surface area (Å²) < 4.78 is 0. The van der Waals surface area contributed by atoms with E-state index in [4.69, 9.17) is 5.73 Å². The van der Waals surface area contributed by atoms with Crippen molar-refractivity contribution >= 4 is 0 Å². The SMILES string of the molecule is CN1CCC(N)(CC2CCC2)CC1. The van der Waals surface area contributed by atoms with Crippen LogP contribution >= 0.6 is 0 Å². The van der Waals surface area contributed by atoms with Crippen LogP contribution in [0.15, 0.2) is 0 Å². The first kappa shape index (κ1) is 9.47. The fourth-order valence-electron chi connectivity index (χ4n) is 2.54. The molecule has 2 N–H and O–H groups in total. The Bertz CT molecular complexity index is 167. The Balaban J connectivity index is 1.81. The Morgan fingerprint density at radius 3 is 2.38 bits per heavy atom. The van der Waals surface area contributed by atoms with Gasteiger partial charge in [0, 0.05) is 5.54 Å². The standard InChI is InChI=1S/C11H22N2/c1-13-7-5-11(12,6-8-13)9-10-3-2-4-10/h10H,2-9,12H2,1H3. The average Bonchev–Trinajstić information content (AvgIpc) is 2.05. The minimum Gasteiger partial charge on any atom is -0.325 e. The molecule has 0 aromatic heterocycles. The topological polar surface area (TPSA) is 29.3 Å². The van der Waals surface area contributed by atoms with Crippen LogP contribution in [0.5, 0.6) is 0 Å². The van der Waals surface area contributed by atoms with E-state index in [1.54, 1.807) is 0 Å². The molecule has 0 atom stereocenters. The number of hydrogen-bond acceptors (Lipinski definition) is 2. The van der Waals surface area contributed by atoms with Gasteiger partial charge in [0.1, 0.15) is 0 Å². The van der Waals surface area contributed by atoms with Crippen LogP contribution in [0.4, 0.5) is 0 Å². The van der Waals surface area contributed by atoms with Crippen molar-refractivity contribution in [3.8, 4) is 0 Å². The summed E-state index contributed by atoms with van der Waals surface area (Å²) in [5, 5.41) is 0. The summed E-state index contributed by atoms with van der Waals surface area (Å²) in [4.78, 5) is 2.39. The lowest BCUT2D eigenvalue weighted by Crippen LogP contribution is -2.50. The summed E-state index contributed by atoms with van der Waals surface area (Å²) in [6.45, 7) is 2.40. The Hall–Kier alpha value is -0.0800. The molecule has 0 radical (unpaired) electrons. The van der Waals surface area contributed by atoms with Crippen molar-refractivity contribution in [1.82, 2.24) is 4.90 Å². The summed E-state index contributed by atoms with van der Waals surface area (Å²) >= 11 is 0. The van der Waals surface area contributed by atoms with Gasteiger partial charge in [0.05, 0.1) is 0 Å². The highest BCUT2D eigenvalue weighted by Gasteiger charge is 2.33. The zero-order valence-electron chi connectivity index (χ0n) is 8.76. The van der Waals surface area contributed by atoms with Gasteiger partial charge in [-0.3, -0.25) is 0 Å². The molecule has 76 valence electrons. The number of nitrogens with two attached hydrogens (primary N) is 1. The van der Waals surface area contributed by atoms with E-state index in [1.807, 2.05) is 0 Å². The fourth-order valence-corrected chi connectivity index (χ4v) is 2.54. The first-order chi connectivity index (χ1) is 6.18. The molecule has 1 aliphatic heterocycles. The van der Waals surface area contributed by atoms with Crippen LogP contribution in [0, 0.1) is 5.92 Å². The second-order valence-corrected chi connectivity index (χ2v) is 5.17. The molecule has 0 spiro atoms. The van der Waals surface area contributed by atoms with Gasteiger partial charge in [-0.25, -0.2) is 0 Å². The monoisotopic (exact) mass is 182 g/mol. The zero-order valence-corrected chi connectivity index (χ0v) is 8.76. The Kier molecular flexibility index (Phi) is 2.61. The number of likely N-dealkylation sites (tertiary alicyclic amines) is 1. The third-order valence-corrected chi connectivity index (χ3v) is 3.90. The van der Waals surface area contributed by atoms with Crippen molar-refractivity contribution in [2.45, 2.75) is 44.1 Å². The van der Waals surface area contributed by atoms with Gasteiger partial charge < -0.3 is 10.6 Å². The number of piperidine rings is 1. The highest BCUT2D eigenvalue weighted by molar-refractivity contribution is 4.92. The van der Waals surface area contributed by atoms with Crippen LogP contribution in [-0.4, -0.2) is 30.6 Å². The van der Waals surface area contributed by atoms with E-state index >= 15 is 0 Å². The largest absolute Gasteiger partial charge is 0.325 e. The molecule has 2 heteroatoms. The molecule has 0 unspecified atom stereocenters. The van der Waals surface area contributed by atoms with Gasteiger partial charge in [0.15, 0.2) is 0 Å². The summed E-state index contributed by atoms with van der Waals surface area (Å²) in [5.41, 5.74) is 6.60. The average molecular weight is 182 g/mol. The van der Waals surface area contributed by atoms with Crippen molar-refractivity contribution in [1.29, 1.82) is 0 Å². The summed E-state index contributed by atoms with van der Waals surface area (Å²) in [6, 6.07) is 0. The third-order valence-electron chi connectivity index (χ3n) is 3.90. The molecule has 1 aliphatic carbocycles. The van der Waals surface area contributed by atoms with Gasteiger partial charge in [-0.05, 0) is 45.3 Å². The number of rotatable bonds is 2. The summed E-state index contributed by atoms with van der Waals surface area (Å²) in [7, 11) is 2.20. The molecular weight excluding hydrogens is 160 g/mol. The van der Waals surface area contributed by atoms with Crippen LogP contribution in [0.2, 0.25) is 0 Å². The zero-order chi connectivity index (χ0) is 9.31. The first-order valence-electron chi connectivity index (χ1n) is 5.65. The lowest BCUT2D eigenvalue weighted by Gasteiger charge is -2.41. The van der Waals surface area contributed by atoms with Crippen molar-refractivity contribution in [2.24, 2.45) is 11.7 Å². The molecule has 1 saturated heterocycles. The van der Waals surface area contributed by atoms with E-state index in [0.29, 0.717) is 0 Å². The Labute approximate surface area is 81.5 Å². The highest BCUT2D eigenvalue weighted by Crippen LogP contribution is 2.36. The van der Waals surface area contributed by atoms with E-state index in [-0.39, 0.29) is 5.54 Å². The molecule has 0 bridgehead atoms. The predicted molar refractivity (Wildman–Crippen MR) is 55.6 cm³/mol. The number of hydrogen-bond donors (Lipinski definition) is 1. The maximum Gasteiger partial charge on any atom is 0.0181 e. The van der Waals surface area contributed by atoms with Crippen LogP contribution in [0.25, 0.3) is 0 Å². The van der Waals surface area contributed by atoms with Gasteiger partial charge in [-0.2, -0.15) is 0 Å². The minimum atomic E-state index is 0.192. The van der Waals surface area contributed by atoms with Crippen LogP contribution in [0.3, 0.4) is 0 Å². The third kappa shape index (κ3) is 2.23. The maximum absolute atomic E-state index is 6.40. The van der Waals surface area contributed by atoms with Gasteiger partial charge in [0.2, 0.25) is 0 Å². The summed E-state index contributed by atoms with van der Waals surface area (Å²) in [6.07, 6.45) is 8.03. The Morgan fingerprint density at radius 1 is 1.31 bits per heavy atom. The molecule has 0 amide bonds. The van der Waals surface area contributed by atoms with Crippen LogP contribution < -0.4 is 5.73 Å². The predicted octanol–water partition coefficient (Wildman–Crippen LogP) is 1.60. The molecule has 0 aromatic rings. The molecule has 0 aromatic carbocycles. The molecule has 2 rings (SSSR count). The Morgan fingerprint density at radius 2 is 1.92 bits per heavy atom. The second-order valence-electron chi connectivity index (χ2n) is 5.17. The molecular formula is C11H22N2. The van der Waals surface area contributed by atoms with Gasteiger partial charge in [-0.1, -0.05) is 19.3 Å². The van der Waals surface area contributed by atoms with E-state index in [1.165, 1.54) is 51.6 Å². The fraction of sp³-hybridized carbons (Fsp3) is 1.00. The van der Waals surface area contributed by atoms with Gasteiger partial charge in [-0.15, -0.1) is 0 Å². The quantitative estimate of drug-likeness (QED) is 0.703. The van der Waals surface area contributed by atoms with Crippen molar-refractivity contribution in [3.63, 3.8) is 0 Å². The normalized spacial score (nSPS) is 30.0. The van der Waals surface area contributed by atoms with Crippen LogP contribution in [0.1, 0.15) is 38.5 Å². The maximum atomic E-state index is 6.40. The highest BCUT2D eigenvalue weighted by atomic mass is 15.1. The second kappa shape index (κ2) is 3.58. The molecule has 2 aliphatic rings. The van der Waals surface area contributed by atoms with E-state index in [9.17, 15) is 0 Å². The van der Waals surface area contributed by atoms with E-state index < -0.39 is 0 Å². The van der Waals surface area contributed by atoms with Crippen molar-refractivity contribution in [3.05, 3.63) is 0 Å². The molecule has 13 heavy (non-hydrogen) atoms. The summed E-state index contributed by atoms with van der Waals surface area (Å²) in [5.74, 6) is 0.966. The van der Waals surface area contributed by atoms with Crippen molar-refractivity contribution in [2.75, 3.05) is 20.1 Å². The van der Waals surface area contributed by atoms with Gasteiger partial charge >= 0.3 is 0 Å². The first-order valence-corrected chi connectivity index (χ1v) is 5.65. The smallest absolute Gasteiger partial charge is 0.0181 e. The number of nitrogens with zero attached hydrogens (tertiary/aromatic N) is 1. The van der Waals surface area contributed by atoms with E-state index in [2.05, 4.69) is 11.9 Å². The molecule has 2 fully saturated rings. The minimum absolute atomic E-state index is 0.192. The molecule has 1 heterocycles. The van der Waals surface area contributed by atoms with Crippen LogP contribution in [-0.2, 0) is 0 Å². The lowest BCUT2D eigenvalue weighted by molar-refractivity contribution is 0.140. The molecule has 1 saturated carbocycles.